The van der Waals surface area contributed by atoms with E-state index in [2.05, 4.69) is 15.5 Å². The molecule has 1 aromatic carbocycles. The molecule has 28 heavy (non-hydrogen) atoms. The van der Waals surface area contributed by atoms with E-state index < -0.39 is 11.2 Å². The van der Waals surface area contributed by atoms with Gasteiger partial charge in [-0.2, -0.15) is 5.10 Å². The second-order valence-corrected chi connectivity index (χ2v) is 7.34. The molecule has 3 N–H and O–H groups in total. The van der Waals surface area contributed by atoms with E-state index in [1.807, 2.05) is 24.3 Å². The number of aromatic hydroxyl groups is 1. The molecule has 0 spiro atoms. The van der Waals surface area contributed by atoms with E-state index in [9.17, 15) is 14.7 Å². The Hall–Kier alpha value is -3.03. The van der Waals surface area contributed by atoms with Gasteiger partial charge < -0.3 is 15.3 Å². The number of benzene rings is 1. The SMILES string of the molecule is COc1ccc([C@@H]2CC(c3c(O)n(C4CCCCC4)c(=O)[nH]c3=O)=NN2)cc1. The highest BCUT2D eigenvalue weighted by Gasteiger charge is 2.29. The maximum Gasteiger partial charge on any atom is 0.331 e. The van der Waals surface area contributed by atoms with Gasteiger partial charge in [0.25, 0.3) is 5.56 Å². The van der Waals surface area contributed by atoms with Crippen molar-refractivity contribution in [1.29, 1.82) is 0 Å². The number of hydrazone groups is 1. The van der Waals surface area contributed by atoms with Gasteiger partial charge in [0.05, 0.1) is 18.9 Å². The third kappa shape index (κ3) is 3.30. The number of aromatic nitrogens is 2. The molecule has 1 aromatic heterocycles. The molecule has 2 aliphatic rings. The summed E-state index contributed by atoms with van der Waals surface area (Å²) in [5.74, 6) is 0.480. The lowest BCUT2D eigenvalue weighted by molar-refractivity contribution is 0.298. The summed E-state index contributed by atoms with van der Waals surface area (Å²) in [4.78, 5) is 27.2. The van der Waals surface area contributed by atoms with Crippen molar-refractivity contribution in [3.63, 3.8) is 0 Å². The lowest BCUT2D eigenvalue weighted by Gasteiger charge is -2.25. The molecule has 8 heteroatoms. The molecule has 1 saturated carbocycles. The van der Waals surface area contributed by atoms with Crippen LogP contribution in [0.1, 0.15) is 61.7 Å². The Bertz CT molecular complexity index is 1000. The van der Waals surface area contributed by atoms with Gasteiger partial charge in [0.1, 0.15) is 11.3 Å². The summed E-state index contributed by atoms with van der Waals surface area (Å²) in [7, 11) is 1.61. The fourth-order valence-electron chi connectivity index (χ4n) is 4.10. The van der Waals surface area contributed by atoms with Crippen LogP contribution in [0.2, 0.25) is 0 Å². The summed E-state index contributed by atoms with van der Waals surface area (Å²) in [6.07, 6.45) is 5.21. The maximum atomic E-state index is 12.5. The number of hydrogen-bond acceptors (Lipinski definition) is 6. The first-order valence-electron chi connectivity index (χ1n) is 9.62. The van der Waals surface area contributed by atoms with Crippen LogP contribution in [0.15, 0.2) is 39.0 Å². The Labute approximate surface area is 161 Å². The molecule has 0 unspecified atom stereocenters. The van der Waals surface area contributed by atoms with Crippen LogP contribution in [0.25, 0.3) is 0 Å². The molecule has 1 aliphatic carbocycles. The number of methoxy groups -OCH3 is 1. The van der Waals surface area contributed by atoms with Gasteiger partial charge >= 0.3 is 5.69 Å². The second-order valence-electron chi connectivity index (χ2n) is 7.34. The van der Waals surface area contributed by atoms with Crippen LogP contribution in [-0.2, 0) is 0 Å². The van der Waals surface area contributed by atoms with Crippen molar-refractivity contribution in [2.75, 3.05) is 7.11 Å². The van der Waals surface area contributed by atoms with E-state index in [1.165, 1.54) is 4.57 Å². The molecule has 0 bridgehead atoms. The summed E-state index contributed by atoms with van der Waals surface area (Å²) in [5.41, 5.74) is 3.38. The molecule has 2 heterocycles. The fourth-order valence-corrected chi connectivity index (χ4v) is 4.10. The molecule has 0 radical (unpaired) electrons. The monoisotopic (exact) mass is 384 g/mol. The van der Waals surface area contributed by atoms with Crippen molar-refractivity contribution >= 4 is 5.71 Å². The number of ether oxygens (including phenoxy) is 1. The minimum absolute atomic E-state index is 0.0775. The molecule has 2 aromatic rings. The van der Waals surface area contributed by atoms with E-state index >= 15 is 0 Å². The Kier molecular flexibility index (Phi) is 4.93. The normalized spacial score (nSPS) is 19.9. The number of nitrogens with zero attached hydrogens (tertiary/aromatic N) is 2. The van der Waals surface area contributed by atoms with Crippen molar-refractivity contribution < 1.29 is 9.84 Å². The Morgan fingerprint density at radius 3 is 2.54 bits per heavy atom. The number of nitrogens with one attached hydrogen (secondary N) is 2. The Morgan fingerprint density at radius 2 is 1.86 bits per heavy atom. The number of hydrogen-bond donors (Lipinski definition) is 3. The van der Waals surface area contributed by atoms with E-state index in [1.54, 1.807) is 7.11 Å². The Morgan fingerprint density at radius 1 is 1.14 bits per heavy atom. The van der Waals surface area contributed by atoms with Crippen molar-refractivity contribution in [2.45, 2.75) is 50.6 Å². The molecule has 0 amide bonds. The number of aromatic amines is 1. The lowest BCUT2D eigenvalue weighted by atomic mass is 9.95. The highest BCUT2D eigenvalue weighted by atomic mass is 16.5. The van der Waals surface area contributed by atoms with Gasteiger partial charge in [-0.05, 0) is 30.5 Å². The van der Waals surface area contributed by atoms with Crippen LogP contribution in [0.3, 0.4) is 0 Å². The zero-order chi connectivity index (χ0) is 19.7. The molecule has 1 aliphatic heterocycles. The molecule has 1 fully saturated rings. The van der Waals surface area contributed by atoms with Crippen LogP contribution in [-0.4, -0.2) is 27.5 Å². The van der Waals surface area contributed by atoms with Gasteiger partial charge in [-0.3, -0.25) is 14.3 Å². The van der Waals surface area contributed by atoms with Gasteiger partial charge in [-0.25, -0.2) is 4.79 Å². The van der Waals surface area contributed by atoms with Gasteiger partial charge in [0, 0.05) is 12.5 Å². The van der Waals surface area contributed by atoms with Crippen molar-refractivity contribution in [2.24, 2.45) is 5.10 Å². The predicted octanol–water partition coefficient (Wildman–Crippen LogP) is 2.19. The molecular formula is C20H24N4O4. The Balaban J connectivity index is 1.64. The van der Waals surface area contributed by atoms with Crippen molar-refractivity contribution in [1.82, 2.24) is 15.0 Å². The van der Waals surface area contributed by atoms with Crippen LogP contribution in [0, 0.1) is 0 Å². The zero-order valence-corrected chi connectivity index (χ0v) is 15.8. The second kappa shape index (κ2) is 7.53. The van der Waals surface area contributed by atoms with Crippen LogP contribution in [0.5, 0.6) is 11.6 Å². The first-order chi connectivity index (χ1) is 13.6. The molecule has 4 rings (SSSR count). The number of rotatable bonds is 4. The smallest absolute Gasteiger partial charge is 0.331 e. The summed E-state index contributed by atoms with van der Waals surface area (Å²) in [6.45, 7) is 0. The van der Waals surface area contributed by atoms with Crippen LogP contribution < -0.4 is 21.4 Å². The summed E-state index contributed by atoms with van der Waals surface area (Å²) in [6, 6.07) is 7.38. The zero-order valence-electron chi connectivity index (χ0n) is 15.8. The quantitative estimate of drug-likeness (QED) is 0.749. The van der Waals surface area contributed by atoms with Crippen LogP contribution >= 0.6 is 0 Å². The van der Waals surface area contributed by atoms with Crippen LogP contribution in [0.4, 0.5) is 0 Å². The van der Waals surface area contributed by atoms with Crippen molar-refractivity contribution in [3.05, 3.63) is 56.2 Å². The largest absolute Gasteiger partial charge is 0.497 e. The average molecular weight is 384 g/mol. The minimum Gasteiger partial charge on any atom is -0.497 e. The molecular weight excluding hydrogens is 360 g/mol. The number of H-pyrrole nitrogens is 1. The summed E-state index contributed by atoms with van der Waals surface area (Å²) < 4.78 is 6.51. The summed E-state index contributed by atoms with van der Waals surface area (Å²) in [5, 5.41) is 15.1. The fraction of sp³-hybridized carbons (Fsp3) is 0.450. The molecule has 148 valence electrons. The third-order valence-electron chi connectivity index (χ3n) is 5.62. The van der Waals surface area contributed by atoms with Gasteiger partial charge in [-0.15, -0.1) is 0 Å². The molecule has 1 atom stereocenters. The molecule has 0 saturated heterocycles. The van der Waals surface area contributed by atoms with E-state index in [4.69, 9.17) is 4.74 Å². The van der Waals surface area contributed by atoms with E-state index in [-0.39, 0.29) is 23.5 Å². The minimum atomic E-state index is -0.606. The van der Waals surface area contributed by atoms with E-state index in [0.29, 0.717) is 12.1 Å². The highest BCUT2D eigenvalue weighted by Crippen LogP contribution is 2.32. The highest BCUT2D eigenvalue weighted by molar-refractivity contribution is 6.03. The first-order valence-corrected chi connectivity index (χ1v) is 9.62. The maximum absolute atomic E-state index is 12.5. The topological polar surface area (TPSA) is 109 Å². The van der Waals surface area contributed by atoms with Gasteiger partial charge in [-0.1, -0.05) is 31.4 Å². The van der Waals surface area contributed by atoms with Gasteiger partial charge in [0.15, 0.2) is 0 Å². The molecule has 8 nitrogen and oxygen atoms in total. The van der Waals surface area contributed by atoms with Crippen molar-refractivity contribution in [3.8, 4) is 11.6 Å². The summed E-state index contributed by atoms with van der Waals surface area (Å²) >= 11 is 0. The average Bonchev–Trinajstić information content (AvgIpc) is 3.18. The predicted molar refractivity (Wildman–Crippen MR) is 105 cm³/mol. The third-order valence-corrected chi connectivity index (χ3v) is 5.62. The lowest BCUT2D eigenvalue weighted by Crippen LogP contribution is -2.36. The first kappa shape index (κ1) is 18.3. The van der Waals surface area contributed by atoms with E-state index in [0.717, 1.165) is 43.4 Å². The standard InChI is InChI=1S/C20H24N4O4/c1-28-14-9-7-12(8-10-14)15-11-16(23-22-15)17-18(25)21-20(27)24(19(17)26)13-5-3-2-4-6-13/h7-10,13,15,22,26H,2-6,11H2,1H3,(H,21,25,27)/t15-/m0/s1. The van der Waals surface area contributed by atoms with Gasteiger partial charge in [0.2, 0.25) is 5.88 Å².